The lowest BCUT2D eigenvalue weighted by Crippen LogP contribution is -2.15. The van der Waals surface area contributed by atoms with Gasteiger partial charge in [-0.3, -0.25) is 0 Å². The molecule has 5 heteroatoms. The lowest BCUT2D eigenvalue weighted by Gasteiger charge is -2.29. The van der Waals surface area contributed by atoms with Gasteiger partial charge < -0.3 is 4.74 Å². The Morgan fingerprint density at radius 2 is 1.42 bits per heavy atom. The van der Waals surface area contributed by atoms with Gasteiger partial charge in [0.2, 0.25) is 5.82 Å². The van der Waals surface area contributed by atoms with Crippen LogP contribution in [0.1, 0.15) is 89.5 Å². The summed E-state index contributed by atoms with van der Waals surface area (Å²) >= 11 is 0. The molecule has 0 amide bonds. The Hall–Kier alpha value is -2.30. The molecule has 33 heavy (non-hydrogen) atoms. The van der Waals surface area contributed by atoms with Gasteiger partial charge in [-0.15, -0.1) is 0 Å². The van der Waals surface area contributed by atoms with Crippen molar-refractivity contribution in [2.45, 2.75) is 84.0 Å². The molecule has 1 fully saturated rings. The Morgan fingerprint density at radius 1 is 0.788 bits per heavy atom. The molecule has 0 aromatic heterocycles. The van der Waals surface area contributed by atoms with Crippen LogP contribution in [0.5, 0.6) is 5.75 Å². The van der Waals surface area contributed by atoms with Gasteiger partial charge in [-0.25, -0.2) is 13.2 Å². The number of rotatable bonds is 10. The average Bonchev–Trinajstić information content (AvgIpc) is 2.82. The molecule has 0 unspecified atom stereocenters. The number of halogens is 4. The summed E-state index contributed by atoms with van der Waals surface area (Å²) in [4.78, 5) is 0. The summed E-state index contributed by atoms with van der Waals surface area (Å²) in [5.41, 5.74) is -0.271. The minimum absolute atomic E-state index is 0.0388. The first-order valence-corrected chi connectivity index (χ1v) is 12.2. The zero-order valence-corrected chi connectivity index (χ0v) is 19.6. The van der Waals surface area contributed by atoms with Gasteiger partial charge in [0.05, 0.1) is 6.26 Å². The summed E-state index contributed by atoms with van der Waals surface area (Å²) in [5.74, 6) is -4.27. The standard InChI is InChI=1S/C28H34F4O/c1-3-5-6-7-8-9-19-10-12-20(13-11-19)21-14-15-22(26(30)25(21)29)23-16-17-24(33-18-4-2)28(32)27(23)31/h4,14-20H,3,5-13H2,1-2H3/b18-4-. The van der Waals surface area contributed by atoms with Gasteiger partial charge in [0.1, 0.15) is 0 Å². The van der Waals surface area contributed by atoms with Crippen molar-refractivity contribution in [1.29, 1.82) is 0 Å². The average molecular weight is 463 g/mol. The van der Waals surface area contributed by atoms with E-state index in [4.69, 9.17) is 4.74 Å². The molecule has 0 spiro atoms. The van der Waals surface area contributed by atoms with Crippen LogP contribution >= 0.6 is 0 Å². The maximum Gasteiger partial charge on any atom is 0.201 e. The van der Waals surface area contributed by atoms with Crippen molar-refractivity contribution >= 4 is 0 Å². The van der Waals surface area contributed by atoms with Crippen LogP contribution in [-0.4, -0.2) is 0 Å². The number of hydrogen-bond donors (Lipinski definition) is 0. The second-order valence-corrected chi connectivity index (χ2v) is 9.08. The van der Waals surface area contributed by atoms with E-state index < -0.39 is 23.3 Å². The third-order valence-electron chi connectivity index (χ3n) is 6.78. The molecular weight excluding hydrogens is 428 g/mol. The molecule has 0 atom stereocenters. The van der Waals surface area contributed by atoms with Crippen LogP contribution in [-0.2, 0) is 0 Å². The smallest absolute Gasteiger partial charge is 0.201 e. The molecule has 3 rings (SSSR count). The first-order valence-electron chi connectivity index (χ1n) is 12.2. The Bertz CT molecular complexity index is 945. The van der Waals surface area contributed by atoms with Crippen molar-refractivity contribution in [2.75, 3.05) is 0 Å². The summed E-state index contributed by atoms with van der Waals surface area (Å²) in [5, 5.41) is 0. The topological polar surface area (TPSA) is 9.23 Å². The minimum Gasteiger partial charge on any atom is -0.462 e. The maximum absolute atomic E-state index is 15.0. The predicted molar refractivity (Wildman–Crippen MR) is 125 cm³/mol. The highest BCUT2D eigenvalue weighted by Gasteiger charge is 2.27. The van der Waals surface area contributed by atoms with E-state index in [2.05, 4.69) is 6.92 Å². The molecule has 0 bridgehead atoms. The SMILES string of the molecule is C/C=C\Oc1ccc(-c2ccc(C3CCC(CCCCCCC)CC3)c(F)c2F)c(F)c1F. The third-order valence-corrected chi connectivity index (χ3v) is 6.78. The highest BCUT2D eigenvalue weighted by molar-refractivity contribution is 5.66. The molecule has 180 valence electrons. The van der Waals surface area contributed by atoms with Crippen molar-refractivity contribution < 1.29 is 22.3 Å². The van der Waals surface area contributed by atoms with Crippen molar-refractivity contribution in [3.63, 3.8) is 0 Å². The highest BCUT2D eigenvalue weighted by Crippen LogP contribution is 2.41. The zero-order chi connectivity index (χ0) is 23.8. The summed E-state index contributed by atoms with van der Waals surface area (Å²) in [6, 6.07) is 5.31. The highest BCUT2D eigenvalue weighted by atomic mass is 19.2. The fourth-order valence-electron chi connectivity index (χ4n) is 4.86. The van der Waals surface area contributed by atoms with Gasteiger partial charge in [-0.05, 0) is 62.1 Å². The van der Waals surface area contributed by atoms with Crippen molar-refractivity contribution in [3.05, 3.63) is 65.4 Å². The summed E-state index contributed by atoms with van der Waals surface area (Å²) < 4.78 is 63.9. The quantitative estimate of drug-likeness (QED) is 0.194. The first-order chi connectivity index (χ1) is 16.0. The van der Waals surface area contributed by atoms with E-state index in [1.165, 1.54) is 75.1 Å². The zero-order valence-electron chi connectivity index (χ0n) is 19.6. The first kappa shape index (κ1) is 25.3. The number of hydrogen-bond acceptors (Lipinski definition) is 1. The van der Waals surface area contributed by atoms with Crippen molar-refractivity contribution in [2.24, 2.45) is 5.92 Å². The van der Waals surface area contributed by atoms with E-state index in [1.54, 1.807) is 6.92 Å². The van der Waals surface area contributed by atoms with E-state index in [9.17, 15) is 13.2 Å². The lowest BCUT2D eigenvalue weighted by atomic mass is 9.76. The number of allylic oxidation sites excluding steroid dienone is 1. The summed E-state index contributed by atoms with van der Waals surface area (Å²) in [6.07, 6.45) is 14.0. The molecule has 1 aliphatic carbocycles. The fourth-order valence-corrected chi connectivity index (χ4v) is 4.86. The number of ether oxygens (including phenoxy) is 1. The molecule has 1 nitrogen and oxygen atoms in total. The van der Waals surface area contributed by atoms with Crippen LogP contribution in [0.3, 0.4) is 0 Å². The van der Waals surface area contributed by atoms with E-state index in [0.29, 0.717) is 11.5 Å². The fraction of sp³-hybridized carbons (Fsp3) is 0.500. The van der Waals surface area contributed by atoms with Gasteiger partial charge in [0.15, 0.2) is 23.2 Å². The summed E-state index contributed by atoms with van der Waals surface area (Å²) in [7, 11) is 0. The van der Waals surface area contributed by atoms with Crippen LogP contribution in [0, 0.1) is 29.2 Å². The Kier molecular flexibility index (Phi) is 9.40. The van der Waals surface area contributed by atoms with Crippen LogP contribution in [0.2, 0.25) is 0 Å². The Labute approximate surface area is 194 Å². The Balaban J connectivity index is 1.69. The molecule has 0 heterocycles. The van der Waals surface area contributed by atoms with Gasteiger partial charge in [-0.2, -0.15) is 4.39 Å². The van der Waals surface area contributed by atoms with E-state index in [1.807, 2.05) is 0 Å². The molecule has 1 aliphatic rings. The molecule has 0 aliphatic heterocycles. The molecular formula is C28H34F4O. The molecule has 0 radical (unpaired) electrons. The monoisotopic (exact) mass is 462 g/mol. The van der Waals surface area contributed by atoms with Crippen molar-refractivity contribution in [1.82, 2.24) is 0 Å². The Morgan fingerprint density at radius 3 is 2.09 bits per heavy atom. The molecule has 0 N–H and O–H groups in total. The van der Waals surface area contributed by atoms with Gasteiger partial charge in [-0.1, -0.05) is 63.7 Å². The molecule has 2 aromatic carbocycles. The number of unbranched alkanes of at least 4 members (excludes halogenated alkanes) is 4. The van der Waals surface area contributed by atoms with Crippen molar-refractivity contribution in [3.8, 4) is 16.9 Å². The van der Waals surface area contributed by atoms with E-state index in [0.717, 1.165) is 25.7 Å². The lowest BCUT2D eigenvalue weighted by molar-refractivity contribution is 0.297. The molecule has 0 saturated heterocycles. The molecule has 1 saturated carbocycles. The minimum atomic E-state index is -1.26. The van der Waals surface area contributed by atoms with Crippen LogP contribution < -0.4 is 4.74 Å². The van der Waals surface area contributed by atoms with Gasteiger partial charge in [0, 0.05) is 11.1 Å². The summed E-state index contributed by atoms with van der Waals surface area (Å²) in [6.45, 7) is 3.88. The number of benzene rings is 2. The van der Waals surface area contributed by atoms with E-state index >= 15 is 4.39 Å². The van der Waals surface area contributed by atoms with Crippen LogP contribution in [0.25, 0.3) is 11.1 Å². The van der Waals surface area contributed by atoms with Crippen LogP contribution in [0.15, 0.2) is 36.6 Å². The predicted octanol–water partition coefficient (Wildman–Crippen LogP) is 9.46. The van der Waals surface area contributed by atoms with Crippen LogP contribution in [0.4, 0.5) is 17.6 Å². The largest absolute Gasteiger partial charge is 0.462 e. The van der Waals surface area contributed by atoms with Gasteiger partial charge >= 0.3 is 0 Å². The third kappa shape index (κ3) is 6.18. The second-order valence-electron chi connectivity index (χ2n) is 9.08. The van der Waals surface area contributed by atoms with E-state index in [-0.39, 0.29) is 22.8 Å². The van der Waals surface area contributed by atoms with Gasteiger partial charge in [0.25, 0.3) is 0 Å². The maximum atomic E-state index is 15.0. The normalized spacial score (nSPS) is 18.7. The molecule has 2 aromatic rings. The second kappa shape index (κ2) is 12.2.